The Morgan fingerprint density at radius 3 is 2.67 bits per heavy atom. The second-order valence-corrected chi connectivity index (χ2v) is 3.47. The van der Waals surface area contributed by atoms with E-state index in [0.717, 1.165) is 18.4 Å². The van der Waals surface area contributed by atoms with Crippen LogP contribution in [0.25, 0.3) is 0 Å². The Balaban J connectivity index is 2.02. The van der Waals surface area contributed by atoms with E-state index in [-0.39, 0.29) is 23.7 Å². The van der Waals surface area contributed by atoms with Crippen molar-refractivity contribution in [3.63, 3.8) is 0 Å². The number of benzene rings is 1. The van der Waals surface area contributed by atoms with Crippen LogP contribution < -0.4 is 4.74 Å². The summed E-state index contributed by atoms with van der Waals surface area (Å²) in [5.41, 5.74) is -0.00103. The van der Waals surface area contributed by atoms with E-state index in [0.29, 0.717) is 0 Å². The summed E-state index contributed by atoms with van der Waals surface area (Å²) in [6.07, 6.45) is 1.08. The molecule has 0 aliphatic rings. The molecule has 0 bridgehead atoms. The molecule has 0 unspecified atom stereocenters. The van der Waals surface area contributed by atoms with Crippen molar-refractivity contribution in [3.05, 3.63) is 53.5 Å². The first kappa shape index (κ1) is 12.1. The van der Waals surface area contributed by atoms with E-state index >= 15 is 0 Å². The van der Waals surface area contributed by atoms with E-state index < -0.39 is 17.6 Å². The van der Waals surface area contributed by atoms with Crippen molar-refractivity contribution in [2.75, 3.05) is 0 Å². The van der Waals surface area contributed by atoms with Gasteiger partial charge in [-0.15, -0.1) is 0 Å². The topological polar surface area (TPSA) is 59.7 Å². The van der Waals surface area contributed by atoms with E-state index in [1.54, 1.807) is 0 Å². The number of rotatable bonds is 4. The number of hydrogen-bond donors (Lipinski definition) is 1. The molecule has 18 heavy (non-hydrogen) atoms. The second kappa shape index (κ2) is 4.87. The normalized spacial score (nSPS) is 10.3. The fraction of sp³-hybridized carbons (Fsp3) is 0.0833. The van der Waals surface area contributed by atoms with Crippen LogP contribution in [0.2, 0.25) is 0 Å². The average molecular weight is 254 g/mol. The van der Waals surface area contributed by atoms with Gasteiger partial charge in [0.1, 0.15) is 24.4 Å². The van der Waals surface area contributed by atoms with Crippen LogP contribution in [0.3, 0.4) is 0 Å². The summed E-state index contributed by atoms with van der Waals surface area (Å²) in [6.45, 7) is -0.0711. The molecule has 2 rings (SSSR count). The minimum Gasteiger partial charge on any atom is -0.486 e. The summed E-state index contributed by atoms with van der Waals surface area (Å²) in [6, 6.07) is 4.40. The van der Waals surface area contributed by atoms with Gasteiger partial charge in [-0.2, -0.15) is 0 Å². The number of halogens is 2. The lowest BCUT2D eigenvalue weighted by Gasteiger charge is -2.03. The second-order valence-electron chi connectivity index (χ2n) is 3.47. The molecule has 0 fully saturated rings. The highest BCUT2D eigenvalue weighted by Crippen LogP contribution is 2.17. The third-order valence-corrected chi connectivity index (χ3v) is 2.17. The van der Waals surface area contributed by atoms with Gasteiger partial charge in [0.2, 0.25) is 0 Å². The Morgan fingerprint density at radius 2 is 2.06 bits per heavy atom. The fourth-order valence-electron chi connectivity index (χ4n) is 1.29. The predicted octanol–water partition coefficient (Wildman–Crippen LogP) is 2.84. The van der Waals surface area contributed by atoms with Crippen LogP contribution in [0.1, 0.15) is 16.1 Å². The van der Waals surface area contributed by atoms with E-state index in [4.69, 9.17) is 14.3 Å². The smallest absolute Gasteiger partial charge is 0.338 e. The largest absolute Gasteiger partial charge is 0.486 e. The van der Waals surface area contributed by atoms with Crippen LogP contribution in [0, 0.1) is 11.6 Å². The first-order valence-electron chi connectivity index (χ1n) is 4.95. The maximum absolute atomic E-state index is 12.9. The molecule has 4 nitrogen and oxygen atoms in total. The van der Waals surface area contributed by atoms with E-state index in [1.165, 1.54) is 12.1 Å². The molecule has 1 aromatic heterocycles. The quantitative estimate of drug-likeness (QED) is 0.911. The minimum absolute atomic E-state index is 0.00103. The highest BCUT2D eigenvalue weighted by atomic mass is 19.2. The molecule has 0 aliphatic heterocycles. The van der Waals surface area contributed by atoms with Gasteiger partial charge >= 0.3 is 5.97 Å². The Bertz CT molecular complexity index is 577. The summed E-state index contributed by atoms with van der Waals surface area (Å²) in [5.74, 6) is -2.69. The molecule has 0 aliphatic carbocycles. The molecule has 0 saturated carbocycles. The van der Waals surface area contributed by atoms with Gasteiger partial charge in [-0.25, -0.2) is 13.6 Å². The Kier molecular flexibility index (Phi) is 3.27. The summed E-state index contributed by atoms with van der Waals surface area (Å²) in [5, 5.41) is 8.66. The average Bonchev–Trinajstić information content (AvgIpc) is 2.79. The van der Waals surface area contributed by atoms with Crippen LogP contribution in [0.5, 0.6) is 5.75 Å². The number of carboxylic acids is 1. The predicted molar refractivity (Wildman–Crippen MR) is 56.4 cm³/mol. The third-order valence-electron chi connectivity index (χ3n) is 2.17. The fourth-order valence-corrected chi connectivity index (χ4v) is 1.29. The number of hydrogen-bond acceptors (Lipinski definition) is 3. The van der Waals surface area contributed by atoms with Crippen LogP contribution in [-0.2, 0) is 6.61 Å². The van der Waals surface area contributed by atoms with Crippen molar-refractivity contribution in [2.45, 2.75) is 6.61 Å². The molecule has 2 aromatic rings. The van der Waals surface area contributed by atoms with Crippen molar-refractivity contribution < 1.29 is 27.8 Å². The maximum Gasteiger partial charge on any atom is 0.338 e. The van der Waals surface area contributed by atoms with E-state index in [9.17, 15) is 13.6 Å². The monoisotopic (exact) mass is 254 g/mol. The molecule has 1 heterocycles. The highest BCUT2D eigenvalue weighted by Gasteiger charge is 2.09. The molecule has 6 heteroatoms. The molecule has 0 radical (unpaired) electrons. The molecule has 94 valence electrons. The van der Waals surface area contributed by atoms with Gasteiger partial charge in [0.15, 0.2) is 11.6 Å². The van der Waals surface area contributed by atoms with Gasteiger partial charge in [0, 0.05) is 6.07 Å². The first-order valence-corrected chi connectivity index (χ1v) is 4.95. The van der Waals surface area contributed by atoms with Gasteiger partial charge < -0.3 is 14.3 Å². The maximum atomic E-state index is 12.9. The molecular formula is C12H8F2O4. The number of ether oxygens (including phenoxy) is 1. The molecular weight excluding hydrogens is 246 g/mol. The lowest BCUT2D eigenvalue weighted by atomic mass is 10.3. The summed E-state index contributed by atoms with van der Waals surface area (Å²) in [4.78, 5) is 10.6. The zero-order valence-corrected chi connectivity index (χ0v) is 9.02. The lowest BCUT2D eigenvalue weighted by Crippen LogP contribution is -1.96. The van der Waals surface area contributed by atoms with Gasteiger partial charge in [-0.3, -0.25) is 0 Å². The van der Waals surface area contributed by atoms with Crippen molar-refractivity contribution in [3.8, 4) is 5.75 Å². The molecule has 0 saturated heterocycles. The van der Waals surface area contributed by atoms with Gasteiger partial charge in [0.25, 0.3) is 0 Å². The number of furan rings is 1. The zero-order chi connectivity index (χ0) is 13.1. The molecule has 0 atom stereocenters. The lowest BCUT2D eigenvalue weighted by molar-refractivity contribution is 0.0696. The van der Waals surface area contributed by atoms with Crippen molar-refractivity contribution in [1.82, 2.24) is 0 Å². The highest BCUT2D eigenvalue weighted by molar-refractivity contribution is 5.87. The van der Waals surface area contributed by atoms with Crippen LogP contribution in [-0.4, -0.2) is 11.1 Å². The Morgan fingerprint density at radius 1 is 1.28 bits per heavy atom. The summed E-state index contributed by atoms with van der Waals surface area (Å²) < 4.78 is 35.6. The zero-order valence-electron chi connectivity index (χ0n) is 9.02. The Hall–Kier alpha value is -2.37. The number of carbonyl (C=O) groups is 1. The Labute approximate surface area is 100 Å². The molecule has 1 N–H and O–H groups in total. The third kappa shape index (κ3) is 2.65. The van der Waals surface area contributed by atoms with Gasteiger partial charge in [-0.1, -0.05) is 0 Å². The van der Waals surface area contributed by atoms with Crippen molar-refractivity contribution >= 4 is 5.97 Å². The van der Waals surface area contributed by atoms with E-state index in [2.05, 4.69) is 0 Å². The summed E-state index contributed by atoms with van der Waals surface area (Å²) in [7, 11) is 0. The molecule has 0 spiro atoms. The molecule has 1 aromatic carbocycles. The minimum atomic E-state index is -1.11. The SMILES string of the molecule is O=C(O)c1coc(COc2ccc(F)c(F)c2)c1. The summed E-state index contributed by atoms with van der Waals surface area (Å²) >= 11 is 0. The first-order chi connectivity index (χ1) is 8.56. The van der Waals surface area contributed by atoms with Crippen molar-refractivity contribution in [2.24, 2.45) is 0 Å². The number of aromatic carboxylic acids is 1. The van der Waals surface area contributed by atoms with Gasteiger partial charge in [0.05, 0.1) is 5.56 Å². The standard InChI is InChI=1S/C12H8F2O4/c13-10-2-1-8(4-11(10)14)18-6-9-3-7(5-17-9)12(15)16/h1-5H,6H2,(H,15,16). The van der Waals surface area contributed by atoms with Crippen molar-refractivity contribution in [1.29, 1.82) is 0 Å². The van der Waals surface area contributed by atoms with Crippen LogP contribution in [0.15, 0.2) is 34.9 Å². The number of carboxylic acid groups (broad SMARTS) is 1. The van der Waals surface area contributed by atoms with Gasteiger partial charge in [-0.05, 0) is 18.2 Å². The van der Waals surface area contributed by atoms with Crippen LogP contribution in [0.4, 0.5) is 8.78 Å². The van der Waals surface area contributed by atoms with E-state index in [1.807, 2.05) is 0 Å². The molecule has 0 amide bonds. The van der Waals surface area contributed by atoms with Crippen LogP contribution >= 0.6 is 0 Å².